The number of hydrogen-bond acceptors (Lipinski definition) is 5. The Morgan fingerprint density at radius 3 is 1.94 bits per heavy atom. The molecule has 0 bridgehead atoms. The van der Waals surface area contributed by atoms with Gasteiger partial charge in [0.15, 0.2) is 0 Å². The van der Waals surface area contributed by atoms with Gasteiger partial charge in [0.05, 0.1) is 0 Å². The molecule has 1 aliphatic heterocycles. The van der Waals surface area contributed by atoms with E-state index in [-0.39, 0.29) is 0 Å². The van der Waals surface area contributed by atoms with E-state index in [1.807, 2.05) is 20.1 Å². The van der Waals surface area contributed by atoms with Gasteiger partial charge >= 0.3 is 35.1 Å². The highest BCUT2D eigenvalue weighted by Crippen LogP contribution is 2.24. The summed E-state index contributed by atoms with van der Waals surface area (Å²) >= 11 is 0. The van der Waals surface area contributed by atoms with Gasteiger partial charge in [0.2, 0.25) is 0 Å². The minimum absolute atomic E-state index is 1.66. The zero-order valence-electron chi connectivity index (χ0n) is 11.2. The van der Waals surface area contributed by atoms with Crippen molar-refractivity contribution in [2.24, 2.45) is 0 Å². The summed E-state index contributed by atoms with van der Waals surface area (Å²) in [6.45, 7) is 12.3. The van der Waals surface area contributed by atoms with Crippen molar-refractivity contribution in [3.8, 4) is 0 Å². The van der Waals surface area contributed by atoms with Gasteiger partial charge in [-0.3, -0.25) is 4.98 Å². The Morgan fingerprint density at radius 2 is 1.44 bits per heavy atom. The first-order chi connectivity index (χ1) is 7.08. The Morgan fingerprint density at radius 1 is 0.875 bits per heavy atom. The summed E-state index contributed by atoms with van der Waals surface area (Å²) in [7, 11) is -6.33. The highest BCUT2D eigenvalue weighted by molar-refractivity contribution is 6.89. The van der Waals surface area contributed by atoms with Crippen molar-refractivity contribution in [1.29, 1.82) is 0 Å². The molecule has 2 unspecified atom stereocenters. The average molecular weight is 298 g/mol. The van der Waals surface area contributed by atoms with Crippen LogP contribution in [0.5, 0.6) is 0 Å². The van der Waals surface area contributed by atoms with Crippen molar-refractivity contribution in [2.45, 2.75) is 39.3 Å². The molecule has 1 rings (SSSR count). The van der Waals surface area contributed by atoms with Crippen LogP contribution in [0.2, 0.25) is 39.3 Å². The van der Waals surface area contributed by atoms with Gasteiger partial charge in [0.1, 0.15) is 0 Å². The summed E-state index contributed by atoms with van der Waals surface area (Å²) in [6.07, 6.45) is 0. The van der Waals surface area contributed by atoms with Crippen LogP contribution in [0.4, 0.5) is 0 Å². The van der Waals surface area contributed by atoms with Crippen LogP contribution in [0.15, 0.2) is 0 Å². The van der Waals surface area contributed by atoms with Crippen molar-refractivity contribution in [3.63, 3.8) is 0 Å². The van der Waals surface area contributed by atoms with E-state index in [9.17, 15) is 0 Å². The third-order valence-electron chi connectivity index (χ3n) is 2.23. The molecule has 1 N–H and O–H groups in total. The van der Waals surface area contributed by atoms with Crippen molar-refractivity contribution < 1.29 is 16.5 Å². The van der Waals surface area contributed by atoms with Crippen LogP contribution in [-0.2, 0) is 16.5 Å². The molecule has 0 aromatic rings. The molecule has 0 aliphatic carbocycles. The predicted octanol–water partition coefficient (Wildman–Crippen LogP) is 1.11. The first-order valence-corrected chi connectivity index (χ1v) is 15.6. The SMILES string of the molecule is CN[Si]1(C)O[SiH](C)O[Si](C)(C)O[Si](C)(C)O1. The highest BCUT2D eigenvalue weighted by atomic mass is 28.5. The first-order valence-electron chi connectivity index (χ1n) is 5.52. The molecule has 16 heavy (non-hydrogen) atoms. The summed E-state index contributed by atoms with van der Waals surface area (Å²) in [6, 6.07) is 0. The lowest BCUT2D eigenvalue weighted by atomic mass is 11.6. The third-order valence-corrected chi connectivity index (χ3v) is 17.3. The summed E-state index contributed by atoms with van der Waals surface area (Å²) in [5.74, 6) is 0. The second-order valence-corrected chi connectivity index (χ2v) is 17.6. The number of hydrogen-bond donors (Lipinski definition) is 1. The van der Waals surface area contributed by atoms with Gasteiger partial charge in [0.25, 0.3) is 0 Å². The maximum atomic E-state index is 6.13. The fourth-order valence-corrected chi connectivity index (χ4v) is 19.5. The standard InChI is InChI=1S/C7H23NO4Si4/c1-8-16(7)10-13(2)9-14(3,4)11-15(5,6)12-16/h8,13H,1-7H3. The first kappa shape index (κ1) is 14.7. The molecular weight excluding hydrogens is 274 g/mol. The minimum Gasteiger partial charge on any atom is -0.418 e. The van der Waals surface area contributed by atoms with Crippen LogP contribution in [0.1, 0.15) is 0 Å². The van der Waals surface area contributed by atoms with Gasteiger partial charge in [-0.2, -0.15) is 0 Å². The Balaban J connectivity index is 2.89. The second kappa shape index (κ2) is 4.74. The van der Waals surface area contributed by atoms with Crippen LogP contribution >= 0.6 is 0 Å². The third kappa shape index (κ3) is 4.16. The molecule has 0 aromatic heterocycles. The maximum Gasteiger partial charge on any atom is 0.403 e. The van der Waals surface area contributed by atoms with E-state index in [2.05, 4.69) is 31.2 Å². The lowest BCUT2D eigenvalue weighted by Gasteiger charge is -2.43. The molecule has 2 atom stereocenters. The summed E-state index contributed by atoms with van der Waals surface area (Å²) in [4.78, 5) is 3.18. The number of nitrogens with one attached hydrogen (secondary N) is 1. The van der Waals surface area contributed by atoms with Gasteiger partial charge in [-0.05, 0) is 46.3 Å². The Bertz CT molecular complexity index is 265. The molecule has 9 heteroatoms. The minimum atomic E-state index is -2.31. The molecule has 0 saturated carbocycles. The zero-order chi connectivity index (χ0) is 12.6. The highest BCUT2D eigenvalue weighted by Gasteiger charge is 2.48. The fraction of sp³-hybridized carbons (Fsp3) is 1.00. The molecule has 0 spiro atoms. The van der Waals surface area contributed by atoms with Crippen molar-refractivity contribution in [3.05, 3.63) is 0 Å². The molecule has 5 nitrogen and oxygen atoms in total. The molecular formula is C7H23NO4Si4. The maximum absolute atomic E-state index is 6.13. The molecule has 1 fully saturated rings. The lowest BCUT2D eigenvalue weighted by molar-refractivity contribution is 0.242. The van der Waals surface area contributed by atoms with Gasteiger partial charge < -0.3 is 16.5 Å². The van der Waals surface area contributed by atoms with E-state index in [1.54, 1.807) is 0 Å². The predicted molar refractivity (Wildman–Crippen MR) is 73.0 cm³/mol. The molecule has 1 heterocycles. The summed E-state index contributed by atoms with van der Waals surface area (Å²) in [5.41, 5.74) is 0. The topological polar surface area (TPSA) is 49.0 Å². The van der Waals surface area contributed by atoms with Crippen LogP contribution < -0.4 is 4.98 Å². The number of rotatable bonds is 1. The van der Waals surface area contributed by atoms with E-state index in [0.29, 0.717) is 0 Å². The van der Waals surface area contributed by atoms with E-state index in [0.717, 1.165) is 0 Å². The Labute approximate surface area is 103 Å². The second-order valence-electron chi connectivity index (χ2n) is 5.00. The quantitative estimate of drug-likeness (QED) is 0.735. The summed E-state index contributed by atoms with van der Waals surface area (Å²) < 4.78 is 24.3. The van der Waals surface area contributed by atoms with Crippen LogP contribution in [-0.4, -0.2) is 42.2 Å². The van der Waals surface area contributed by atoms with E-state index in [1.165, 1.54) is 0 Å². The fourth-order valence-electron chi connectivity index (χ4n) is 1.98. The van der Waals surface area contributed by atoms with E-state index >= 15 is 0 Å². The monoisotopic (exact) mass is 297 g/mol. The normalized spacial score (nSPS) is 38.8. The Hall–Kier alpha value is 0.668. The van der Waals surface area contributed by atoms with Crippen LogP contribution in [0.25, 0.3) is 0 Å². The molecule has 0 amide bonds. The van der Waals surface area contributed by atoms with Gasteiger partial charge in [-0.15, -0.1) is 0 Å². The van der Waals surface area contributed by atoms with Gasteiger partial charge in [-0.25, -0.2) is 0 Å². The van der Waals surface area contributed by atoms with E-state index in [4.69, 9.17) is 16.5 Å². The Kier molecular flexibility index (Phi) is 4.36. The van der Waals surface area contributed by atoms with Crippen molar-refractivity contribution >= 4 is 35.1 Å². The molecule has 0 radical (unpaired) electrons. The van der Waals surface area contributed by atoms with Crippen LogP contribution in [0, 0.1) is 0 Å². The molecule has 0 aromatic carbocycles. The molecule has 1 saturated heterocycles. The largest absolute Gasteiger partial charge is 0.418 e. The zero-order valence-corrected chi connectivity index (χ0v) is 15.4. The smallest absolute Gasteiger partial charge is 0.403 e. The van der Waals surface area contributed by atoms with Gasteiger partial charge in [0, 0.05) is 0 Å². The van der Waals surface area contributed by atoms with E-state index < -0.39 is 35.1 Å². The van der Waals surface area contributed by atoms with Crippen molar-refractivity contribution in [2.75, 3.05) is 7.05 Å². The van der Waals surface area contributed by atoms with Crippen molar-refractivity contribution in [1.82, 2.24) is 4.98 Å². The summed E-state index contributed by atoms with van der Waals surface area (Å²) in [5, 5.41) is 0. The van der Waals surface area contributed by atoms with Gasteiger partial charge in [-0.1, -0.05) is 0 Å². The molecule has 96 valence electrons. The lowest BCUT2D eigenvalue weighted by Crippen LogP contribution is -2.66. The molecule has 1 aliphatic rings. The van der Waals surface area contributed by atoms with Crippen LogP contribution in [0.3, 0.4) is 0 Å². The average Bonchev–Trinajstić information content (AvgIpc) is 1.96.